The fourth-order valence-corrected chi connectivity index (χ4v) is 4.33. The minimum atomic E-state index is -1.11. The molecule has 5 rings (SSSR count). The van der Waals surface area contributed by atoms with Gasteiger partial charge in [-0.2, -0.15) is 9.78 Å². The van der Waals surface area contributed by atoms with Crippen LogP contribution < -0.4 is 15.6 Å². The maximum atomic E-state index is 14.8. The number of carbonyl (C=O) groups excluding carboxylic acids is 1. The van der Waals surface area contributed by atoms with Gasteiger partial charge in [-0.3, -0.25) is 14.6 Å². The summed E-state index contributed by atoms with van der Waals surface area (Å²) in [6.07, 6.45) is 2.66. The summed E-state index contributed by atoms with van der Waals surface area (Å²) >= 11 is 0.946. The first-order chi connectivity index (χ1) is 17.8. The van der Waals surface area contributed by atoms with Crippen LogP contribution in [0.4, 0.5) is 14.5 Å². The van der Waals surface area contributed by atoms with Gasteiger partial charge in [0.25, 0.3) is 11.5 Å². The number of anilines is 1. The molecule has 2 aromatic carbocycles. The number of rotatable bonds is 6. The smallest absolute Gasteiger partial charge is 0.345 e. The van der Waals surface area contributed by atoms with E-state index < -0.39 is 29.1 Å². The number of hydrogen-bond donors (Lipinski definition) is 2. The van der Waals surface area contributed by atoms with E-state index in [2.05, 4.69) is 15.4 Å². The van der Waals surface area contributed by atoms with Gasteiger partial charge in [-0.15, -0.1) is 11.3 Å². The minimum absolute atomic E-state index is 0.0588. The molecular formula is C25H14F2N4O5S. The number of carboxylic acids is 1. The van der Waals surface area contributed by atoms with Gasteiger partial charge < -0.3 is 15.2 Å². The highest BCUT2D eigenvalue weighted by Gasteiger charge is 2.17. The second-order valence-corrected chi connectivity index (χ2v) is 8.63. The Bertz CT molecular complexity index is 1730. The summed E-state index contributed by atoms with van der Waals surface area (Å²) in [7, 11) is 0. The third-order valence-electron chi connectivity index (χ3n) is 5.16. The molecule has 0 atom stereocenters. The zero-order valence-electron chi connectivity index (χ0n) is 18.5. The fourth-order valence-electron chi connectivity index (χ4n) is 3.43. The molecule has 37 heavy (non-hydrogen) atoms. The number of aromatic nitrogens is 3. The van der Waals surface area contributed by atoms with Crippen LogP contribution in [0, 0.1) is 11.6 Å². The first kappa shape index (κ1) is 23.8. The number of thiophene rings is 1. The summed E-state index contributed by atoms with van der Waals surface area (Å²) in [6.45, 7) is 0. The molecule has 0 radical (unpaired) electrons. The van der Waals surface area contributed by atoms with Crippen molar-refractivity contribution < 1.29 is 28.2 Å². The van der Waals surface area contributed by atoms with Crippen LogP contribution in [0.25, 0.3) is 15.9 Å². The van der Waals surface area contributed by atoms with Gasteiger partial charge in [0.15, 0.2) is 11.6 Å². The Kier molecular flexibility index (Phi) is 6.15. The molecule has 1 amide bonds. The van der Waals surface area contributed by atoms with Gasteiger partial charge in [-0.25, -0.2) is 13.6 Å². The van der Waals surface area contributed by atoms with Crippen LogP contribution in [0.1, 0.15) is 20.0 Å². The number of pyridine rings is 1. The molecule has 0 spiro atoms. The molecule has 0 aliphatic carbocycles. The molecular weight excluding hydrogens is 506 g/mol. The quantitative estimate of drug-likeness (QED) is 0.328. The highest BCUT2D eigenvalue weighted by atomic mass is 32.1. The summed E-state index contributed by atoms with van der Waals surface area (Å²) in [5.74, 6) is -3.16. The first-order valence-corrected chi connectivity index (χ1v) is 11.4. The van der Waals surface area contributed by atoms with Crippen molar-refractivity contribution in [1.29, 1.82) is 0 Å². The topological polar surface area (TPSA) is 123 Å². The van der Waals surface area contributed by atoms with Gasteiger partial charge in [-0.05, 0) is 48.5 Å². The Morgan fingerprint density at radius 2 is 1.76 bits per heavy atom. The molecule has 0 saturated heterocycles. The molecule has 0 saturated carbocycles. The van der Waals surface area contributed by atoms with Crippen LogP contribution in [0.15, 0.2) is 77.9 Å². The van der Waals surface area contributed by atoms with E-state index in [-0.39, 0.29) is 33.3 Å². The molecule has 9 nitrogen and oxygen atoms in total. The number of fused-ring (bicyclic) bond motifs is 1. The molecule has 0 aliphatic rings. The zero-order chi connectivity index (χ0) is 26.1. The van der Waals surface area contributed by atoms with Gasteiger partial charge >= 0.3 is 5.97 Å². The van der Waals surface area contributed by atoms with E-state index in [0.29, 0.717) is 10.2 Å². The average Bonchev–Trinajstić information content (AvgIpc) is 3.32. The number of amides is 1. The van der Waals surface area contributed by atoms with Crippen molar-refractivity contribution in [3.05, 3.63) is 105 Å². The second kappa shape index (κ2) is 9.59. The monoisotopic (exact) mass is 520 g/mol. The molecule has 5 aromatic rings. The largest absolute Gasteiger partial charge is 0.477 e. The normalized spacial score (nSPS) is 10.9. The van der Waals surface area contributed by atoms with Crippen LogP contribution >= 0.6 is 11.3 Å². The highest BCUT2D eigenvalue weighted by molar-refractivity contribution is 7.21. The van der Waals surface area contributed by atoms with Crippen LogP contribution in [0.3, 0.4) is 0 Å². The van der Waals surface area contributed by atoms with Crippen LogP contribution in [-0.2, 0) is 0 Å². The predicted octanol–water partition coefficient (Wildman–Crippen LogP) is 4.86. The molecule has 0 unspecified atom stereocenters. The van der Waals surface area contributed by atoms with Crippen molar-refractivity contribution in [2.24, 2.45) is 0 Å². The molecule has 3 heterocycles. The summed E-state index contributed by atoms with van der Waals surface area (Å²) in [5.41, 5.74) is -0.284. The number of carbonyl (C=O) groups is 2. The van der Waals surface area contributed by atoms with E-state index in [0.717, 1.165) is 34.2 Å². The third kappa shape index (κ3) is 4.77. The molecule has 0 fully saturated rings. The minimum Gasteiger partial charge on any atom is -0.477 e. The van der Waals surface area contributed by atoms with Gasteiger partial charge in [0.1, 0.15) is 22.0 Å². The maximum Gasteiger partial charge on any atom is 0.345 e. The Labute approximate surface area is 210 Å². The van der Waals surface area contributed by atoms with Gasteiger partial charge in [-0.1, -0.05) is 0 Å². The Morgan fingerprint density at radius 3 is 2.49 bits per heavy atom. The average molecular weight is 520 g/mol. The fraction of sp³-hybridized carbons (Fsp3) is 0. The highest BCUT2D eigenvalue weighted by Crippen LogP contribution is 2.36. The van der Waals surface area contributed by atoms with E-state index >= 15 is 0 Å². The van der Waals surface area contributed by atoms with E-state index in [1.54, 1.807) is 0 Å². The van der Waals surface area contributed by atoms with Gasteiger partial charge in [0, 0.05) is 30.2 Å². The van der Waals surface area contributed by atoms with Gasteiger partial charge in [0.2, 0.25) is 0 Å². The maximum absolute atomic E-state index is 14.8. The van der Waals surface area contributed by atoms with Crippen molar-refractivity contribution in [2.45, 2.75) is 0 Å². The Hall–Kier alpha value is -4.97. The standard InChI is InChI=1S/C25H14F2N4O5S/c26-13-1-4-15(5-2-13)31-24(33)16(7-10-29-31)23(32)30-14-3-6-19(17(27)11-14)36-20-8-9-28-18-12-21(25(34)35)37-22(18)20/h1-12H,(H,30,32)(H,34,35). The number of aromatic carboxylic acids is 1. The lowest BCUT2D eigenvalue weighted by atomic mass is 10.2. The lowest BCUT2D eigenvalue weighted by Gasteiger charge is -2.10. The Balaban J connectivity index is 1.37. The third-order valence-corrected chi connectivity index (χ3v) is 6.29. The summed E-state index contributed by atoms with van der Waals surface area (Å²) in [5, 5.41) is 15.6. The number of benzene rings is 2. The second-order valence-electron chi connectivity index (χ2n) is 7.58. The van der Waals surface area contributed by atoms with E-state index in [1.165, 1.54) is 54.9 Å². The van der Waals surface area contributed by atoms with E-state index in [4.69, 9.17) is 4.74 Å². The lowest BCUT2D eigenvalue weighted by Crippen LogP contribution is -2.29. The van der Waals surface area contributed by atoms with Crippen molar-refractivity contribution in [3.63, 3.8) is 0 Å². The zero-order valence-corrected chi connectivity index (χ0v) is 19.3. The molecule has 0 bridgehead atoms. The summed E-state index contributed by atoms with van der Waals surface area (Å²) < 4.78 is 35.1. The number of nitrogens with one attached hydrogen (secondary N) is 1. The van der Waals surface area contributed by atoms with Crippen LogP contribution in [0.5, 0.6) is 11.5 Å². The number of nitrogens with zero attached hydrogens (tertiary/aromatic N) is 3. The summed E-state index contributed by atoms with van der Waals surface area (Å²) in [6, 6.07) is 12.8. The molecule has 184 valence electrons. The van der Waals surface area contributed by atoms with Crippen molar-refractivity contribution in [1.82, 2.24) is 14.8 Å². The number of halogens is 2. The molecule has 0 aliphatic heterocycles. The molecule has 2 N–H and O–H groups in total. The number of carboxylic acid groups (broad SMARTS) is 1. The lowest BCUT2D eigenvalue weighted by molar-refractivity contribution is 0.0702. The van der Waals surface area contributed by atoms with E-state index in [1.807, 2.05) is 0 Å². The Morgan fingerprint density at radius 1 is 0.973 bits per heavy atom. The van der Waals surface area contributed by atoms with Crippen LogP contribution in [-0.4, -0.2) is 31.7 Å². The predicted molar refractivity (Wildman–Crippen MR) is 131 cm³/mol. The first-order valence-electron chi connectivity index (χ1n) is 10.5. The molecule has 3 aromatic heterocycles. The van der Waals surface area contributed by atoms with Crippen molar-refractivity contribution >= 4 is 39.1 Å². The van der Waals surface area contributed by atoms with Crippen molar-refractivity contribution in [2.75, 3.05) is 5.32 Å². The van der Waals surface area contributed by atoms with Crippen LogP contribution in [0.2, 0.25) is 0 Å². The molecule has 12 heteroatoms. The number of ether oxygens (including phenoxy) is 1. The number of hydrogen-bond acceptors (Lipinski definition) is 7. The van der Waals surface area contributed by atoms with Gasteiger partial charge in [0.05, 0.1) is 15.9 Å². The van der Waals surface area contributed by atoms with Crippen molar-refractivity contribution in [3.8, 4) is 17.2 Å². The summed E-state index contributed by atoms with van der Waals surface area (Å²) in [4.78, 5) is 40.9. The van der Waals surface area contributed by atoms with E-state index in [9.17, 15) is 28.3 Å². The SMILES string of the molecule is O=C(O)c1cc2nccc(Oc3ccc(NC(=O)c4ccnn(-c5ccc(F)cc5)c4=O)cc3F)c2s1.